The molecule has 1 N–H and O–H groups in total. The van der Waals surface area contributed by atoms with E-state index >= 15 is 0 Å². The van der Waals surface area contributed by atoms with E-state index in [-0.39, 0.29) is 0 Å². The fourth-order valence-corrected chi connectivity index (χ4v) is 2.68. The Bertz CT molecular complexity index is 553. The number of benzene rings is 2. The standard InChI is InChI=1S/C18H22BrNO/c1-3-12-20-17(14-8-10-16(19)11-9-14)13-15-6-4-5-7-18(15)21-2/h4-11,17,20H,3,12-13H2,1-2H3. The third kappa shape index (κ3) is 4.58. The number of hydrogen-bond donors (Lipinski definition) is 1. The molecule has 0 saturated heterocycles. The molecule has 112 valence electrons. The number of methoxy groups -OCH3 is 1. The predicted octanol–water partition coefficient (Wildman–Crippen LogP) is 4.74. The molecular formula is C18H22BrNO. The predicted molar refractivity (Wildman–Crippen MR) is 91.9 cm³/mol. The zero-order chi connectivity index (χ0) is 15.1. The molecule has 0 heterocycles. The van der Waals surface area contributed by atoms with Crippen molar-refractivity contribution in [1.82, 2.24) is 5.32 Å². The molecule has 1 atom stereocenters. The number of hydrogen-bond acceptors (Lipinski definition) is 2. The van der Waals surface area contributed by atoms with Crippen molar-refractivity contribution in [2.24, 2.45) is 0 Å². The molecule has 0 radical (unpaired) electrons. The Kier molecular flexibility index (Phi) is 6.27. The lowest BCUT2D eigenvalue weighted by molar-refractivity contribution is 0.405. The Morgan fingerprint density at radius 2 is 1.81 bits per heavy atom. The summed E-state index contributed by atoms with van der Waals surface area (Å²) in [6.07, 6.45) is 2.05. The summed E-state index contributed by atoms with van der Waals surface area (Å²) in [5, 5.41) is 3.63. The first-order valence-electron chi connectivity index (χ1n) is 7.35. The first-order valence-corrected chi connectivity index (χ1v) is 8.14. The van der Waals surface area contributed by atoms with E-state index in [2.05, 4.69) is 64.6 Å². The summed E-state index contributed by atoms with van der Waals surface area (Å²) in [5.74, 6) is 0.956. The quantitative estimate of drug-likeness (QED) is 0.780. The summed E-state index contributed by atoms with van der Waals surface area (Å²) in [4.78, 5) is 0. The zero-order valence-electron chi connectivity index (χ0n) is 12.6. The second-order valence-electron chi connectivity index (χ2n) is 5.07. The Hall–Kier alpha value is -1.32. The van der Waals surface area contributed by atoms with E-state index in [1.165, 1.54) is 11.1 Å². The van der Waals surface area contributed by atoms with Gasteiger partial charge in [0.25, 0.3) is 0 Å². The van der Waals surface area contributed by atoms with Gasteiger partial charge >= 0.3 is 0 Å². The minimum Gasteiger partial charge on any atom is -0.496 e. The number of ether oxygens (including phenoxy) is 1. The van der Waals surface area contributed by atoms with E-state index in [4.69, 9.17) is 4.74 Å². The molecule has 0 aromatic heterocycles. The van der Waals surface area contributed by atoms with Gasteiger partial charge in [-0.2, -0.15) is 0 Å². The molecule has 0 aliphatic rings. The van der Waals surface area contributed by atoms with Crippen molar-refractivity contribution >= 4 is 15.9 Å². The van der Waals surface area contributed by atoms with Gasteiger partial charge in [0.15, 0.2) is 0 Å². The molecule has 0 aliphatic heterocycles. The molecule has 2 nitrogen and oxygen atoms in total. The van der Waals surface area contributed by atoms with Crippen LogP contribution in [-0.4, -0.2) is 13.7 Å². The minimum absolute atomic E-state index is 0.300. The van der Waals surface area contributed by atoms with Gasteiger partial charge in [-0.05, 0) is 48.7 Å². The van der Waals surface area contributed by atoms with Gasteiger partial charge in [-0.25, -0.2) is 0 Å². The number of para-hydroxylation sites is 1. The van der Waals surface area contributed by atoms with Crippen molar-refractivity contribution in [3.8, 4) is 5.75 Å². The molecule has 0 bridgehead atoms. The van der Waals surface area contributed by atoms with Crippen molar-refractivity contribution in [2.75, 3.05) is 13.7 Å². The van der Waals surface area contributed by atoms with Crippen LogP contribution in [0.25, 0.3) is 0 Å². The summed E-state index contributed by atoms with van der Waals surface area (Å²) in [7, 11) is 1.73. The van der Waals surface area contributed by atoms with Crippen LogP contribution in [0.4, 0.5) is 0 Å². The van der Waals surface area contributed by atoms with Crippen LogP contribution < -0.4 is 10.1 Å². The van der Waals surface area contributed by atoms with E-state index in [1.807, 2.05) is 12.1 Å². The highest BCUT2D eigenvalue weighted by Crippen LogP contribution is 2.25. The maximum absolute atomic E-state index is 5.47. The SMILES string of the molecule is CCCNC(Cc1ccccc1OC)c1ccc(Br)cc1. The fourth-order valence-electron chi connectivity index (χ4n) is 2.41. The largest absolute Gasteiger partial charge is 0.496 e. The highest BCUT2D eigenvalue weighted by molar-refractivity contribution is 9.10. The third-order valence-electron chi connectivity index (χ3n) is 3.53. The summed E-state index contributed by atoms with van der Waals surface area (Å²) in [5.41, 5.74) is 2.54. The molecule has 3 heteroatoms. The minimum atomic E-state index is 0.300. The van der Waals surface area contributed by atoms with Gasteiger partial charge in [-0.3, -0.25) is 0 Å². The molecule has 0 aliphatic carbocycles. The van der Waals surface area contributed by atoms with Crippen LogP contribution in [0, 0.1) is 0 Å². The Morgan fingerprint density at radius 1 is 1.10 bits per heavy atom. The first-order chi connectivity index (χ1) is 10.2. The fraction of sp³-hybridized carbons (Fsp3) is 0.333. The van der Waals surface area contributed by atoms with Crippen molar-refractivity contribution in [2.45, 2.75) is 25.8 Å². The Labute approximate surface area is 135 Å². The summed E-state index contributed by atoms with van der Waals surface area (Å²) in [6.45, 7) is 3.20. The van der Waals surface area contributed by atoms with Crippen molar-refractivity contribution < 1.29 is 4.74 Å². The van der Waals surface area contributed by atoms with Crippen LogP contribution in [0.2, 0.25) is 0 Å². The van der Waals surface area contributed by atoms with Gasteiger partial charge in [0.1, 0.15) is 5.75 Å². The maximum Gasteiger partial charge on any atom is 0.122 e. The van der Waals surface area contributed by atoms with Crippen LogP contribution in [0.1, 0.15) is 30.5 Å². The molecule has 1 unspecified atom stereocenters. The van der Waals surface area contributed by atoms with Crippen LogP contribution in [0.15, 0.2) is 53.0 Å². The van der Waals surface area contributed by atoms with E-state index in [0.29, 0.717) is 6.04 Å². The smallest absolute Gasteiger partial charge is 0.122 e. The number of halogens is 1. The lowest BCUT2D eigenvalue weighted by Crippen LogP contribution is -2.24. The summed E-state index contributed by atoms with van der Waals surface area (Å²) >= 11 is 3.50. The molecule has 2 aromatic rings. The number of rotatable bonds is 7. The maximum atomic E-state index is 5.47. The average Bonchev–Trinajstić information content (AvgIpc) is 2.52. The third-order valence-corrected chi connectivity index (χ3v) is 4.06. The monoisotopic (exact) mass is 347 g/mol. The summed E-state index contributed by atoms with van der Waals surface area (Å²) < 4.78 is 6.58. The Morgan fingerprint density at radius 3 is 2.48 bits per heavy atom. The van der Waals surface area contributed by atoms with Crippen molar-refractivity contribution in [3.05, 3.63) is 64.1 Å². The lowest BCUT2D eigenvalue weighted by atomic mass is 9.98. The highest BCUT2D eigenvalue weighted by atomic mass is 79.9. The van der Waals surface area contributed by atoms with E-state index in [1.54, 1.807) is 7.11 Å². The van der Waals surface area contributed by atoms with Crippen LogP contribution in [-0.2, 0) is 6.42 Å². The normalized spacial score (nSPS) is 12.1. The van der Waals surface area contributed by atoms with Crippen LogP contribution >= 0.6 is 15.9 Å². The van der Waals surface area contributed by atoms with Gasteiger partial charge in [-0.1, -0.05) is 53.2 Å². The van der Waals surface area contributed by atoms with Crippen LogP contribution in [0.3, 0.4) is 0 Å². The van der Waals surface area contributed by atoms with Gasteiger partial charge in [0.05, 0.1) is 7.11 Å². The summed E-state index contributed by atoms with van der Waals surface area (Å²) in [6, 6.07) is 17.1. The van der Waals surface area contributed by atoms with Gasteiger partial charge in [-0.15, -0.1) is 0 Å². The van der Waals surface area contributed by atoms with Gasteiger partial charge in [0.2, 0.25) is 0 Å². The molecule has 0 amide bonds. The topological polar surface area (TPSA) is 21.3 Å². The molecule has 0 saturated carbocycles. The van der Waals surface area contributed by atoms with Gasteiger partial charge in [0, 0.05) is 10.5 Å². The molecule has 2 aromatic carbocycles. The molecule has 21 heavy (non-hydrogen) atoms. The van der Waals surface area contributed by atoms with Gasteiger partial charge < -0.3 is 10.1 Å². The molecule has 0 fully saturated rings. The number of nitrogens with one attached hydrogen (secondary N) is 1. The average molecular weight is 348 g/mol. The molecule has 2 rings (SSSR count). The second kappa shape index (κ2) is 8.20. The molecule has 0 spiro atoms. The second-order valence-corrected chi connectivity index (χ2v) is 5.99. The van der Waals surface area contributed by atoms with Crippen molar-refractivity contribution in [1.29, 1.82) is 0 Å². The Balaban J connectivity index is 2.21. The first kappa shape index (κ1) is 16.1. The zero-order valence-corrected chi connectivity index (χ0v) is 14.2. The van der Waals surface area contributed by atoms with E-state index in [9.17, 15) is 0 Å². The van der Waals surface area contributed by atoms with E-state index in [0.717, 1.165) is 29.6 Å². The highest BCUT2D eigenvalue weighted by Gasteiger charge is 2.14. The lowest BCUT2D eigenvalue weighted by Gasteiger charge is -2.20. The molecular weight excluding hydrogens is 326 g/mol. The van der Waals surface area contributed by atoms with Crippen molar-refractivity contribution in [3.63, 3.8) is 0 Å². The van der Waals surface area contributed by atoms with E-state index < -0.39 is 0 Å². The van der Waals surface area contributed by atoms with Crippen LogP contribution in [0.5, 0.6) is 5.75 Å².